The number of hydrogen-bond acceptors (Lipinski definition) is 7. The van der Waals surface area contributed by atoms with E-state index < -0.39 is 38.2 Å². The second-order valence-corrected chi connectivity index (χ2v) is 8.50. The van der Waals surface area contributed by atoms with Crippen molar-refractivity contribution in [1.82, 2.24) is 0 Å². The van der Waals surface area contributed by atoms with E-state index in [0.29, 0.717) is 10.9 Å². The predicted molar refractivity (Wildman–Crippen MR) is 88.4 cm³/mol. The van der Waals surface area contributed by atoms with Crippen LogP contribution < -0.4 is 0 Å². The summed E-state index contributed by atoms with van der Waals surface area (Å²) in [4.78, 5) is -0.0331. The quantitative estimate of drug-likeness (QED) is 0.509. The molecular formula is C13H14O9S3. The Morgan fingerprint density at radius 3 is 2.32 bits per heavy atom. The molecule has 2 aromatic rings. The lowest BCUT2D eigenvalue weighted by molar-refractivity contribution is 0.212. The molecule has 2 aromatic carbocycles. The Morgan fingerprint density at radius 2 is 1.72 bits per heavy atom. The maximum absolute atomic E-state index is 12.0. The Hall–Kier alpha value is -1.41. The molecule has 0 aliphatic rings. The molecule has 0 saturated carbocycles. The first-order valence-corrected chi connectivity index (χ1v) is 10.5. The van der Waals surface area contributed by atoms with E-state index in [1.807, 2.05) is 0 Å². The summed E-state index contributed by atoms with van der Waals surface area (Å²) in [6.07, 6.45) is 0. The molecule has 25 heavy (non-hydrogen) atoms. The van der Waals surface area contributed by atoms with Crippen molar-refractivity contribution >= 4 is 42.4 Å². The monoisotopic (exact) mass is 410 g/mol. The van der Waals surface area contributed by atoms with E-state index in [9.17, 15) is 25.6 Å². The fourth-order valence-corrected chi connectivity index (χ4v) is 4.13. The third kappa shape index (κ3) is 5.28. The Balaban J connectivity index is 2.24. The Bertz CT molecular complexity index is 1030. The summed E-state index contributed by atoms with van der Waals surface area (Å²) in [6, 6.07) is 7.26. The highest BCUT2D eigenvalue weighted by molar-refractivity contribution is 7.86. The minimum atomic E-state index is -4.60. The Morgan fingerprint density at radius 1 is 1.04 bits per heavy atom. The van der Waals surface area contributed by atoms with E-state index in [2.05, 4.69) is 4.18 Å². The van der Waals surface area contributed by atoms with Crippen LogP contribution >= 0.6 is 0 Å². The van der Waals surface area contributed by atoms with Crippen LogP contribution in [0, 0.1) is 6.92 Å². The van der Waals surface area contributed by atoms with Gasteiger partial charge in [0.05, 0.1) is 18.1 Å². The van der Waals surface area contributed by atoms with Gasteiger partial charge in [-0.15, -0.1) is 0 Å². The standard InChI is InChI=1S/C13H14O9S3/c1-9-2-3-10-8-11(4-5-12(10)13(9)24(15,16)17)23(14)21-6-7-22-25(18,19)20/h2-5,8H,6-7H2,1H3,(H,15,16,17)(H,18,19,20). The smallest absolute Gasteiger partial charge is 0.284 e. The lowest BCUT2D eigenvalue weighted by atomic mass is 10.1. The Kier molecular flexibility index (Phi) is 5.93. The van der Waals surface area contributed by atoms with Crippen molar-refractivity contribution in [1.29, 1.82) is 0 Å². The largest absolute Gasteiger partial charge is 0.397 e. The van der Waals surface area contributed by atoms with Crippen LogP contribution in [0.3, 0.4) is 0 Å². The van der Waals surface area contributed by atoms with Gasteiger partial charge < -0.3 is 0 Å². The normalized spacial score (nSPS) is 13.9. The molecule has 0 bridgehead atoms. The molecule has 138 valence electrons. The summed E-state index contributed by atoms with van der Waals surface area (Å²) in [7, 11) is -9.03. The second kappa shape index (κ2) is 7.45. The molecule has 2 rings (SSSR count). The third-order valence-corrected chi connectivity index (χ3v) is 5.64. The molecule has 9 nitrogen and oxygen atoms in total. The first-order valence-electron chi connectivity index (χ1n) is 6.67. The fourth-order valence-electron chi connectivity index (χ4n) is 2.15. The van der Waals surface area contributed by atoms with Crippen LogP contribution in [-0.4, -0.2) is 43.4 Å². The van der Waals surface area contributed by atoms with Gasteiger partial charge in [-0.05, 0) is 30.0 Å². The van der Waals surface area contributed by atoms with Crippen LogP contribution in [0.4, 0.5) is 0 Å². The van der Waals surface area contributed by atoms with Crippen molar-refractivity contribution in [2.75, 3.05) is 13.2 Å². The molecule has 2 N–H and O–H groups in total. The average molecular weight is 410 g/mol. The lowest BCUT2D eigenvalue weighted by Crippen LogP contribution is -2.11. The molecule has 1 unspecified atom stereocenters. The van der Waals surface area contributed by atoms with Crippen molar-refractivity contribution in [2.45, 2.75) is 16.7 Å². The number of benzene rings is 2. The van der Waals surface area contributed by atoms with E-state index in [1.54, 1.807) is 6.07 Å². The topological polar surface area (TPSA) is 144 Å². The van der Waals surface area contributed by atoms with Gasteiger partial charge in [0.25, 0.3) is 10.1 Å². The van der Waals surface area contributed by atoms with Crippen LogP contribution in [0.5, 0.6) is 0 Å². The van der Waals surface area contributed by atoms with Crippen LogP contribution in [0.15, 0.2) is 40.1 Å². The maximum Gasteiger partial charge on any atom is 0.397 e. The first-order chi connectivity index (χ1) is 11.5. The summed E-state index contributed by atoms with van der Waals surface area (Å²) in [5.41, 5.74) is 0.363. The summed E-state index contributed by atoms with van der Waals surface area (Å²) in [5, 5.41) is 0.680. The highest BCUT2D eigenvalue weighted by Crippen LogP contribution is 2.28. The molecule has 0 aromatic heterocycles. The van der Waals surface area contributed by atoms with Crippen LogP contribution in [0.2, 0.25) is 0 Å². The van der Waals surface area contributed by atoms with Crippen molar-refractivity contribution < 1.29 is 38.5 Å². The Labute approximate surface area is 146 Å². The van der Waals surface area contributed by atoms with E-state index in [1.165, 1.54) is 31.2 Å². The minimum absolute atomic E-state index is 0.199. The molecule has 0 spiro atoms. The summed E-state index contributed by atoms with van der Waals surface area (Å²) in [6.45, 7) is 0.645. The van der Waals surface area contributed by atoms with Gasteiger partial charge in [-0.25, -0.2) is 8.39 Å². The van der Waals surface area contributed by atoms with Gasteiger partial charge >= 0.3 is 10.4 Å². The molecule has 0 aliphatic carbocycles. The van der Waals surface area contributed by atoms with E-state index >= 15 is 0 Å². The van der Waals surface area contributed by atoms with Gasteiger partial charge in [-0.1, -0.05) is 18.2 Å². The molecule has 1 atom stereocenters. The highest BCUT2D eigenvalue weighted by Gasteiger charge is 2.18. The SMILES string of the molecule is Cc1ccc2cc(S(=O)OCCOS(=O)(=O)O)ccc2c1S(=O)(=O)O. The van der Waals surface area contributed by atoms with Crippen molar-refractivity contribution in [3.8, 4) is 0 Å². The van der Waals surface area contributed by atoms with E-state index in [0.717, 1.165) is 0 Å². The number of rotatable bonds is 7. The zero-order chi connectivity index (χ0) is 18.8. The van der Waals surface area contributed by atoms with Crippen LogP contribution in [0.25, 0.3) is 10.8 Å². The van der Waals surface area contributed by atoms with Gasteiger partial charge in [-0.2, -0.15) is 16.8 Å². The second-order valence-electron chi connectivity index (χ2n) is 4.88. The van der Waals surface area contributed by atoms with Crippen molar-refractivity contribution in [2.24, 2.45) is 0 Å². The zero-order valence-electron chi connectivity index (χ0n) is 12.8. The molecule has 0 heterocycles. The molecule has 0 saturated heterocycles. The maximum atomic E-state index is 12.0. The van der Waals surface area contributed by atoms with Crippen molar-refractivity contribution in [3.63, 3.8) is 0 Å². The molecule has 12 heteroatoms. The summed E-state index contributed by atoms with van der Waals surface area (Å²) < 4.78 is 82.5. The number of aryl methyl sites for hydroxylation is 1. The molecule has 0 aliphatic heterocycles. The van der Waals surface area contributed by atoms with Crippen LogP contribution in [-0.2, 0) is 40.0 Å². The molecule has 0 fully saturated rings. The van der Waals surface area contributed by atoms with Gasteiger partial charge in [-0.3, -0.25) is 13.3 Å². The third-order valence-electron chi connectivity index (χ3n) is 3.10. The lowest BCUT2D eigenvalue weighted by Gasteiger charge is -2.09. The van der Waals surface area contributed by atoms with Crippen molar-refractivity contribution in [3.05, 3.63) is 35.9 Å². The van der Waals surface area contributed by atoms with E-state index in [-0.39, 0.29) is 21.8 Å². The predicted octanol–water partition coefficient (Wildman–Crippen LogP) is 1.25. The molecule has 0 amide bonds. The fraction of sp³-hybridized carbons (Fsp3) is 0.231. The van der Waals surface area contributed by atoms with Gasteiger partial charge in [0, 0.05) is 5.39 Å². The van der Waals surface area contributed by atoms with E-state index in [4.69, 9.17) is 8.74 Å². The summed E-state index contributed by atoms with van der Waals surface area (Å²) >= 11 is -1.97. The highest BCUT2D eigenvalue weighted by atomic mass is 32.3. The molecule has 0 radical (unpaired) electrons. The number of fused-ring (bicyclic) bond motifs is 1. The number of hydrogen-bond donors (Lipinski definition) is 2. The van der Waals surface area contributed by atoms with Gasteiger partial charge in [0.2, 0.25) is 0 Å². The summed E-state index contributed by atoms with van der Waals surface area (Å²) in [5.74, 6) is 0. The van der Waals surface area contributed by atoms with Crippen LogP contribution in [0.1, 0.15) is 5.56 Å². The van der Waals surface area contributed by atoms with Gasteiger partial charge in [0.1, 0.15) is 4.90 Å². The molecular weight excluding hydrogens is 396 g/mol. The first kappa shape index (κ1) is 19.9. The average Bonchev–Trinajstić information content (AvgIpc) is 2.48. The van der Waals surface area contributed by atoms with Gasteiger partial charge in [0.15, 0.2) is 11.1 Å². The minimum Gasteiger partial charge on any atom is -0.284 e. The zero-order valence-corrected chi connectivity index (χ0v) is 15.2.